The predicted octanol–water partition coefficient (Wildman–Crippen LogP) is 6.53. The van der Waals surface area contributed by atoms with Gasteiger partial charge in [-0.25, -0.2) is 18.2 Å². The summed E-state index contributed by atoms with van der Waals surface area (Å²) in [7, 11) is -3.29. The van der Waals surface area contributed by atoms with Gasteiger partial charge in [-0.2, -0.15) is 0 Å². The van der Waals surface area contributed by atoms with Gasteiger partial charge in [-0.1, -0.05) is 71.7 Å². The standard InChI is InChI=1S/C33H27Cl2N3O5S/c1-44(42,43)27-13-6-21(7-14-27)16-31(39)36-18-22-2-8-24(9-3-22)32-37-30(28-15-12-26(34)17-29(28)35)20-38(32)19-23-4-10-25(11-5-23)33(40)41/h2-15,17,20H,16,18-19H2,1H3,(H,36,39)(H,40,41). The van der Waals surface area contributed by atoms with Gasteiger partial charge in [0.1, 0.15) is 5.82 Å². The Kier molecular flexibility index (Phi) is 9.20. The number of aromatic carboxylic acids is 1. The number of aromatic nitrogens is 2. The lowest BCUT2D eigenvalue weighted by Crippen LogP contribution is -2.24. The van der Waals surface area contributed by atoms with Crippen LogP contribution in [0.4, 0.5) is 0 Å². The van der Waals surface area contributed by atoms with Crippen molar-refractivity contribution in [2.45, 2.75) is 24.4 Å². The van der Waals surface area contributed by atoms with Crippen molar-refractivity contribution in [2.75, 3.05) is 6.26 Å². The minimum Gasteiger partial charge on any atom is -0.478 e. The maximum Gasteiger partial charge on any atom is 0.335 e. The fourth-order valence-electron chi connectivity index (χ4n) is 4.62. The highest BCUT2D eigenvalue weighted by Gasteiger charge is 2.15. The average Bonchev–Trinajstić information content (AvgIpc) is 3.39. The maximum absolute atomic E-state index is 12.5. The number of hydrogen-bond acceptors (Lipinski definition) is 5. The molecule has 0 fully saturated rings. The lowest BCUT2D eigenvalue weighted by atomic mass is 10.1. The van der Waals surface area contributed by atoms with Gasteiger partial charge in [0, 0.05) is 41.7 Å². The van der Waals surface area contributed by atoms with E-state index in [1.54, 1.807) is 48.5 Å². The van der Waals surface area contributed by atoms with Crippen molar-refractivity contribution in [1.29, 1.82) is 0 Å². The molecule has 1 amide bonds. The van der Waals surface area contributed by atoms with Crippen LogP contribution in [0.2, 0.25) is 10.0 Å². The molecule has 0 aliphatic heterocycles. The van der Waals surface area contributed by atoms with Gasteiger partial charge in [0.2, 0.25) is 5.91 Å². The molecule has 5 aromatic rings. The smallest absolute Gasteiger partial charge is 0.335 e. The van der Waals surface area contributed by atoms with Crippen molar-refractivity contribution in [3.05, 3.63) is 129 Å². The van der Waals surface area contributed by atoms with Gasteiger partial charge in [0.15, 0.2) is 9.84 Å². The van der Waals surface area contributed by atoms with Crippen molar-refractivity contribution in [1.82, 2.24) is 14.9 Å². The van der Waals surface area contributed by atoms with E-state index in [1.807, 2.05) is 41.1 Å². The van der Waals surface area contributed by atoms with E-state index in [-0.39, 0.29) is 22.8 Å². The van der Waals surface area contributed by atoms with Crippen LogP contribution in [0.1, 0.15) is 27.0 Å². The number of carboxylic acid groups (broad SMARTS) is 1. The summed E-state index contributed by atoms with van der Waals surface area (Å²) in [6, 6.07) is 25.8. The second-order valence-corrected chi connectivity index (χ2v) is 13.1. The van der Waals surface area contributed by atoms with Crippen molar-refractivity contribution in [3.8, 4) is 22.6 Å². The van der Waals surface area contributed by atoms with Crippen LogP contribution in [0.3, 0.4) is 0 Å². The van der Waals surface area contributed by atoms with E-state index >= 15 is 0 Å². The molecule has 5 rings (SSSR count). The number of halogens is 2. The van der Waals surface area contributed by atoms with Crippen LogP contribution < -0.4 is 5.32 Å². The molecule has 4 aromatic carbocycles. The summed E-state index contributed by atoms with van der Waals surface area (Å²) in [5.41, 5.74) is 4.93. The first-order valence-corrected chi connectivity index (χ1v) is 16.1. The van der Waals surface area contributed by atoms with Gasteiger partial charge in [-0.3, -0.25) is 4.79 Å². The molecule has 0 unspecified atom stereocenters. The highest BCUT2D eigenvalue weighted by molar-refractivity contribution is 7.90. The number of nitrogens with zero attached hydrogens (tertiary/aromatic N) is 2. The van der Waals surface area contributed by atoms with E-state index in [0.717, 1.165) is 28.5 Å². The molecule has 0 aliphatic rings. The van der Waals surface area contributed by atoms with Crippen LogP contribution in [-0.2, 0) is 34.1 Å². The van der Waals surface area contributed by atoms with E-state index < -0.39 is 15.8 Å². The van der Waals surface area contributed by atoms with Gasteiger partial charge in [-0.15, -0.1) is 0 Å². The minimum atomic E-state index is -3.29. The van der Waals surface area contributed by atoms with E-state index in [0.29, 0.717) is 40.2 Å². The number of imidazole rings is 1. The third-order valence-electron chi connectivity index (χ3n) is 6.96. The van der Waals surface area contributed by atoms with Crippen LogP contribution in [0.25, 0.3) is 22.6 Å². The molecule has 0 bridgehead atoms. The Hall–Kier alpha value is -4.44. The Bertz CT molecular complexity index is 1940. The van der Waals surface area contributed by atoms with Crippen molar-refractivity contribution in [3.63, 3.8) is 0 Å². The molecule has 11 heteroatoms. The molecule has 0 spiro atoms. The summed E-state index contributed by atoms with van der Waals surface area (Å²) >= 11 is 12.6. The lowest BCUT2D eigenvalue weighted by Gasteiger charge is -2.10. The van der Waals surface area contributed by atoms with Crippen LogP contribution in [0, 0.1) is 0 Å². The molecule has 8 nitrogen and oxygen atoms in total. The van der Waals surface area contributed by atoms with Crippen molar-refractivity contribution < 1.29 is 23.1 Å². The molecule has 0 aliphatic carbocycles. The van der Waals surface area contributed by atoms with Gasteiger partial charge in [0.05, 0.1) is 27.6 Å². The van der Waals surface area contributed by atoms with Crippen LogP contribution in [-0.4, -0.2) is 41.2 Å². The van der Waals surface area contributed by atoms with Crippen molar-refractivity contribution >= 4 is 44.9 Å². The Morgan fingerprint density at radius 3 is 2.11 bits per heavy atom. The highest BCUT2D eigenvalue weighted by atomic mass is 35.5. The third kappa shape index (κ3) is 7.55. The Morgan fingerprint density at radius 2 is 1.50 bits per heavy atom. The molecule has 224 valence electrons. The first-order valence-electron chi connectivity index (χ1n) is 13.5. The number of sulfone groups is 1. The van der Waals surface area contributed by atoms with E-state index in [4.69, 9.17) is 28.2 Å². The fraction of sp³-hybridized carbons (Fsp3) is 0.121. The zero-order chi connectivity index (χ0) is 31.4. The molecule has 0 radical (unpaired) electrons. The average molecular weight is 649 g/mol. The highest BCUT2D eigenvalue weighted by Crippen LogP contribution is 2.32. The third-order valence-corrected chi connectivity index (χ3v) is 8.63. The van der Waals surface area contributed by atoms with Gasteiger partial charge >= 0.3 is 5.97 Å². The SMILES string of the molecule is CS(=O)(=O)c1ccc(CC(=O)NCc2ccc(-c3nc(-c4ccc(Cl)cc4Cl)cn3Cc3ccc(C(=O)O)cc3)cc2)cc1. The molecule has 0 saturated heterocycles. The number of carbonyl (C=O) groups excluding carboxylic acids is 1. The zero-order valence-corrected chi connectivity index (χ0v) is 25.8. The molecule has 1 aromatic heterocycles. The number of amides is 1. The van der Waals surface area contributed by atoms with Crippen LogP contribution in [0.15, 0.2) is 102 Å². The van der Waals surface area contributed by atoms with Gasteiger partial charge < -0.3 is 15.0 Å². The largest absolute Gasteiger partial charge is 0.478 e. The molecular weight excluding hydrogens is 621 g/mol. The van der Waals surface area contributed by atoms with Crippen LogP contribution >= 0.6 is 23.2 Å². The topological polar surface area (TPSA) is 118 Å². The van der Waals surface area contributed by atoms with Crippen molar-refractivity contribution in [2.24, 2.45) is 0 Å². The van der Waals surface area contributed by atoms with Crippen LogP contribution in [0.5, 0.6) is 0 Å². The summed E-state index contributed by atoms with van der Waals surface area (Å²) in [5.74, 6) is -0.490. The number of carbonyl (C=O) groups is 2. The van der Waals surface area contributed by atoms with Gasteiger partial charge in [-0.05, 0) is 59.2 Å². The molecule has 1 heterocycles. The number of benzene rings is 4. The first-order chi connectivity index (χ1) is 21.0. The predicted molar refractivity (Wildman–Crippen MR) is 171 cm³/mol. The fourth-order valence-corrected chi connectivity index (χ4v) is 5.75. The Labute approximate surface area is 264 Å². The maximum atomic E-state index is 12.5. The normalized spacial score (nSPS) is 11.3. The van der Waals surface area contributed by atoms with E-state index in [2.05, 4.69) is 5.32 Å². The zero-order valence-electron chi connectivity index (χ0n) is 23.5. The number of hydrogen-bond donors (Lipinski definition) is 2. The summed E-state index contributed by atoms with van der Waals surface area (Å²) in [4.78, 5) is 28.9. The second-order valence-electron chi connectivity index (χ2n) is 10.3. The number of carboxylic acids is 1. The first kappa shape index (κ1) is 31.0. The van der Waals surface area contributed by atoms with E-state index in [9.17, 15) is 23.1 Å². The molecule has 0 saturated carbocycles. The number of rotatable bonds is 10. The molecular formula is C33H27Cl2N3O5S. The quantitative estimate of drug-likeness (QED) is 0.178. The Balaban J connectivity index is 1.33. The van der Waals surface area contributed by atoms with Gasteiger partial charge in [0.25, 0.3) is 0 Å². The summed E-state index contributed by atoms with van der Waals surface area (Å²) in [6.07, 6.45) is 3.16. The minimum absolute atomic E-state index is 0.128. The number of nitrogens with one attached hydrogen (secondary N) is 1. The lowest BCUT2D eigenvalue weighted by molar-refractivity contribution is -0.120. The molecule has 44 heavy (non-hydrogen) atoms. The monoisotopic (exact) mass is 647 g/mol. The summed E-state index contributed by atoms with van der Waals surface area (Å²) < 4.78 is 25.3. The van der Waals surface area contributed by atoms with E-state index in [1.165, 1.54) is 12.1 Å². The second kappa shape index (κ2) is 13.1. The Morgan fingerprint density at radius 1 is 0.864 bits per heavy atom. The molecule has 0 atom stereocenters. The molecule has 2 N–H and O–H groups in total. The summed E-state index contributed by atoms with van der Waals surface area (Å²) in [6.45, 7) is 0.757. The summed E-state index contributed by atoms with van der Waals surface area (Å²) in [5, 5.41) is 13.1.